The minimum absolute atomic E-state index is 0.371. The summed E-state index contributed by atoms with van der Waals surface area (Å²) in [5.74, 6) is 0.884. The van der Waals surface area contributed by atoms with Gasteiger partial charge in [-0.25, -0.2) is 4.98 Å². The molecule has 0 N–H and O–H groups in total. The Morgan fingerprint density at radius 1 is 1.69 bits per heavy atom. The highest BCUT2D eigenvalue weighted by atomic mass is 16.5. The number of hydrogen-bond acceptors (Lipinski definition) is 4. The van der Waals surface area contributed by atoms with Gasteiger partial charge in [0.2, 0.25) is 0 Å². The summed E-state index contributed by atoms with van der Waals surface area (Å²) < 4.78 is 5.45. The van der Waals surface area contributed by atoms with Gasteiger partial charge in [-0.15, -0.1) is 0 Å². The maximum absolute atomic E-state index is 8.86. The van der Waals surface area contributed by atoms with E-state index in [1.807, 2.05) is 6.07 Å². The van der Waals surface area contributed by atoms with Gasteiger partial charge in [-0.05, 0) is 18.6 Å². The average Bonchev–Trinajstić information content (AvgIpc) is 2.38. The number of morpholine rings is 1. The topological polar surface area (TPSA) is 49.1 Å². The number of hydrogen-bond donors (Lipinski definition) is 0. The second-order valence-electron chi connectivity index (χ2n) is 3.84. The highest BCUT2D eigenvalue weighted by Crippen LogP contribution is 2.19. The van der Waals surface area contributed by atoms with Crippen molar-refractivity contribution in [3.05, 3.63) is 23.9 Å². The van der Waals surface area contributed by atoms with Gasteiger partial charge in [0.15, 0.2) is 0 Å². The van der Waals surface area contributed by atoms with Gasteiger partial charge in [-0.1, -0.05) is 6.92 Å². The molecule has 0 bridgehead atoms. The van der Waals surface area contributed by atoms with Gasteiger partial charge in [0, 0.05) is 12.7 Å². The molecule has 0 aromatic carbocycles. The molecule has 1 fully saturated rings. The van der Waals surface area contributed by atoms with Crippen molar-refractivity contribution in [3.63, 3.8) is 0 Å². The average molecular weight is 217 g/mol. The lowest BCUT2D eigenvalue weighted by atomic mass is 10.1. The van der Waals surface area contributed by atoms with E-state index in [2.05, 4.69) is 22.9 Å². The molecular weight excluding hydrogens is 202 g/mol. The van der Waals surface area contributed by atoms with E-state index < -0.39 is 0 Å². The van der Waals surface area contributed by atoms with Crippen molar-refractivity contribution in [2.45, 2.75) is 19.4 Å². The lowest BCUT2D eigenvalue weighted by molar-refractivity contribution is 0.0926. The molecule has 16 heavy (non-hydrogen) atoms. The summed E-state index contributed by atoms with van der Waals surface area (Å²) in [5, 5.41) is 8.86. The summed E-state index contributed by atoms with van der Waals surface area (Å²) in [6, 6.07) is 6.08. The van der Waals surface area contributed by atoms with Crippen molar-refractivity contribution < 1.29 is 4.74 Å². The first kappa shape index (κ1) is 10.9. The molecule has 0 amide bonds. The quantitative estimate of drug-likeness (QED) is 0.754. The van der Waals surface area contributed by atoms with E-state index >= 15 is 0 Å². The number of rotatable bonds is 2. The summed E-state index contributed by atoms with van der Waals surface area (Å²) in [5.41, 5.74) is 0.659. The van der Waals surface area contributed by atoms with Gasteiger partial charge in [-0.2, -0.15) is 5.26 Å². The molecular formula is C12H15N3O. The zero-order chi connectivity index (χ0) is 11.4. The Bertz CT molecular complexity index is 399. The first-order chi connectivity index (χ1) is 7.85. The normalized spacial score (nSPS) is 20.5. The minimum atomic E-state index is 0.371. The molecule has 1 aliphatic rings. The largest absolute Gasteiger partial charge is 0.377 e. The molecule has 2 heterocycles. The summed E-state index contributed by atoms with van der Waals surface area (Å²) in [7, 11) is 0. The first-order valence-corrected chi connectivity index (χ1v) is 5.55. The van der Waals surface area contributed by atoms with Crippen LogP contribution in [0.4, 0.5) is 5.82 Å². The number of aromatic nitrogens is 1. The standard InChI is InChI=1S/C12H15N3O/c1-2-11-9-16-6-5-15(11)12-7-10(8-13)3-4-14-12/h3-4,7,11H,2,5-6,9H2,1H3. The molecule has 4 heteroatoms. The van der Waals surface area contributed by atoms with Crippen molar-refractivity contribution in [1.29, 1.82) is 5.26 Å². The fourth-order valence-electron chi connectivity index (χ4n) is 1.94. The molecule has 0 radical (unpaired) electrons. The molecule has 84 valence electrons. The highest BCUT2D eigenvalue weighted by Gasteiger charge is 2.22. The van der Waals surface area contributed by atoms with Crippen LogP contribution in [0, 0.1) is 11.3 Å². The van der Waals surface area contributed by atoms with Crippen LogP contribution in [0.3, 0.4) is 0 Å². The van der Waals surface area contributed by atoms with Crippen molar-refractivity contribution in [3.8, 4) is 6.07 Å². The van der Waals surface area contributed by atoms with E-state index in [0.717, 1.165) is 32.0 Å². The van der Waals surface area contributed by atoms with Crippen LogP contribution >= 0.6 is 0 Å². The summed E-state index contributed by atoms with van der Waals surface area (Å²) in [6.07, 6.45) is 2.72. The predicted octanol–water partition coefficient (Wildman–Crippen LogP) is 1.57. The van der Waals surface area contributed by atoms with Crippen LogP contribution in [0.2, 0.25) is 0 Å². The Morgan fingerprint density at radius 2 is 2.56 bits per heavy atom. The Morgan fingerprint density at radius 3 is 3.31 bits per heavy atom. The van der Waals surface area contributed by atoms with Crippen LogP contribution in [-0.4, -0.2) is 30.8 Å². The van der Waals surface area contributed by atoms with Gasteiger partial charge in [0.25, 0.3) is 0 Å². The third-order valence-electron chi connectivity index (χ3n) is 2.87. The molecule has 1 atom stereocenters. The number of nitrogens with zero attached hydrogens (tertiary/aromatic N) is 3. The van der Waals surface area contributed by atoms with Gasteiger partial charge in [0.1, 0.15) is 5.82 Å². The molecule has 1 aromatic rings. The predicted molar refractivity (Wildman–Crippen MR) is 61.2 cm³/mol. The van der Waals surface area contributed by atoms with E-state index in [4.69, 9.17) is 10.00 Å². The van der Waals surface area contributed by atoms with Crippen LogP contribution in [-0.2, 0) is 4.74 Å². The number of nitriles is 1. The Labute approximate surface area is 95.5 Å². The highest BCUT2D eigenvalue weighted by molar-refractivity contribution is 5.46. The zero-order valence-electron chi connectivity index (χ0n) is 9.39. The number of anilines is 1. The Balaban J connectivity index is 2.24. The molecule has 0 aliphatic carbocycles. The van der Waals surface area contributed by atoms with E-state index in [9.17, 15) is 0 Å². The lowest BCUT2D eigenvalue weighted by Crippen LogP contribution is -2.45. The second-order valence-corrected chi connectivity index (χ2v) is 3.84. The SMILES string of the molecule is CCC1COCCN1c1cc(C#N)ccn1. The summed E-state index contributed by atoms with van der Waals surface area (Å²) in [6.45, 7) is 4.46. The zero-order valence-corrected chi connectivity index (χ0v) is 9.39. The molecule has 1 aromatic heterocycles. The molecule has 1 unspecified atom stereocenters. The number of pyridine rings is 1. The maximum Gasteiger partial charge on any atom is 0.130 e. The van der Waals surface area contributed by atoms with E-state index in [1.54, 1.807) is 12.3 Å². The van der Waals surface area contributed by atoms with Crippen LogP contribution in [0.5, 0.6) is 0 Å². The van der Waals surface area contributed by atoms with Crippen molar-refractivity contribution >= 4 is 5.82 Å². The smallest absolute Gasteiger partial charge is 0.130 e. The van der Waals surface area contributed by atoms with E-state index in [0.29, 0.717) is 11.6 Å². The van der Waals surface area contributed by atoms with E-state index in [1.165, 1.54) is 0 Å². The molecule has 0 saturated carbocycles. The summed E-state index contributed by atoms with van der Waals surface area (Å²) >= 11 is 0. The van der Waals surface area contributed by atoms with Gasteiger partial charge in [0.05, 0.1) is 30.9 Å². The molecule has 2 rings (SSSR count). The van der Waals surface area contributed by atoms with Gasteiger partial charge < -0.3 is 9.64 Å². The molecule has 0 spiro atoms. The van der Waals surface area contributed by atoms with E-state index in [-0.39, 0.29) is 0 Å². The van der Waals surface area contributed by atoms with Gasteiger partial charge >= 0.3 is 0 Å². The number of ether oxygens (including phenoxy) is 1. The van der Waals surface area contributed by atoms with Gasteiger partial charge in [-0.3, -0.25) is 0 Å². The Hall–Kier alpha value is -1.60. The maximum atomic E-state index is 8.86. The third-order valence-corrected chi connectivity index (χ3v) is 2.87. The van der Waals surface area contributed by atoms with Crippen LogP contribution in [0.1, 0.15) is 18.9 Å². The molecule has 1 saturated heterocycles. The second kappa shape index (κ2) is 4.95. The van der Waals surface area contributed by atoms with Crippen molar-refractivity contribution in [2.75, 3.05) is 24.7 Å². The fourth-order valence-corrected chi connectivity index (χ4v) is 1.94. The van der Waals surface area contributed by atoms with Crippen LogP contribution in [0.25, 0.3) is 0 Å². The van der Waals surface area contributed by atoms with Crippen molar-refractivity contribution in [2.24, 2.45) is 0 Å². The van der Waals surface area contributed by atoms with Crippen LogP contribution < -0.4 is 4.90 Å². The summed E-state index contributed by atoms with van der Waals surface area (Å²) in [4.78, 5) is 6.56. The van der Waals surface area contributed by atoms with Crippen molar-refractivity contribution in [1.82, 2.24) is 4.98 Å². The first-order valence-electron chi connectivity index (χ1n) is 5.55. The van der Waals surface area contributed by atoms with Crippen LogP contribution in [0.15, 0.2) is 18.3 Å². The fraction of sp³-hybridized carbons (Fsp3) is 0.500. The monoisotopic (exact) mass is 217 g/mol. The molecule has 1 aliphatic heterocycles. The Kier molecular flexibility index (Phi) is 3.37. The molecule has 4 nitrogen and oxygen atoms in total. The lowest BCUT2D eigenvalue weighted by Gasteiger charge is -2.36. The minimum Gasteiger partial charge on any atom is -0.377 e. The third kappa shape index (κ3) is 2.15.